The van der Waals surface area contributed by atoms with Gasteiger partial charge in [0.25, 0.3) is 5.91 Å². The van der Waals surface area contributed by atoms with Crippen LogP contribution < -0.4 is 0 Å². The van der Waals surface area contributed by atoms with Crippen LogP contribution in [-0.4, -0.2) is 41.4 Å². The number of amides is 1. The fourth-order valence-electron chi connectivity index (χ4n) is 2.33. The molecule has 0 N–H and O–H groups in total. The van der Waals surface area contributed by atoms with E-state index in [4.69, 9.17) is 0 Å². The predicted octanol–water partition coefficient (Wildman–Crippen LogP) is 2.47. The fourth-order valence-corrected chi connectivity index (χ4v) is 2.33. The van der Waals surface area contributed by atoms with E-state index in [1.165, 1.54) is 6.42 Å². The van der Waals surface area contributed by atoms with Crippen molar-refractivity contribution in [2.24, 2.45) is 0 Å². The van der Waals surface area contributed by atoms with Gasteiger partial charge in [-0.3, -0.25) is 4.79 Å². The van der Waals surface area contributed by atoms with Gasteiger partial charge in [-0.2, -0.15) is 5.26 Å². The Morgan fingerprint density at radius 3 is 2.55 bits per heavy atom. The molecule has 20 heavy (non-hydrogen) atoms. The van der Waals surface area contributed by atoms with Crippen molar-refractivity contribution < 1.29 is 4.79 Å². The van der Waals surface area contributed by atoms with Crippen LogP contribution >= 0.6 is 0 Å². The Morgan fingerprint density at radius 2 is 2.05 bits per heavy atom. The molecule has 1 heterocycles. The van der Waals surface area contributed by atoms with E-state index in [0.29, 0.717) is 19.1 Å². The summed E-state index contributed by atoms with van der Waals surface area (Å²) in [5.74, 6) is -0.259. The first-order chi connectivity index (χ1) is 9.63. The lowest BCUT2D eigenvalue weighted by atomic mass is 10.0. The quantitative estimate of drug-likeness (QED) is 0.424. The maximum absolute atomic E-state index is 12.3. The summed E-state index contributed by atoms with van der Waals surface area (Å²) in [5.41, 5.74) is 0.183. The molecule has 0 radical (unpaired) electrons. The molecule has 0 aromatic heterocycles. The van der Waals surface area contributed by atoms with E-state index < -0.39 is 0 Å². The summed E-state index contributed by atoms with van der Waals surface area (Å²) in [5, 5.41) is 9.25. The van der Waals surface area contributed by atoms with Crippen molar-refractivity contribution in [2.75, 3.05) is 19.6 Å². The lowest BCUT2D eigenvalue weighted by molar-refractivity contribution is -0.125. The maximum atomic E-state index is 12.3. The summed E-state index contributed by atoms with van der Waals surface area (Å²) in [6.07, 6.45) is 8.44. The minimum Gasteiger partial charge on any atom is -0.373 e. The van der Waals surface area contributed by atoms with Crippen LogP contribution in [0.3, 0.4) is 0 Å². The number of hydrogen-bond donors (Lipinski definition) is 0. The number of nitriles is 1. The summed E-state index contributed by atoms with van der Waals surface area (Å²) in [6, 6.07) is 2.41. The lowest BCUT2D eigenvalue weighted by Crippen LogP contribution is -2.36. The van der Waals surface area contributed by atoms with Gasteiger partial charge in [0.05, 0.1) is 0 Å². The first-order valence-corrected chi connectivity index (χ1v) is 7.02. The van der Waals surface area contributed by atoms with E-state index in [9.17, 15) is 10.1 Å². The predicted molar refractivity (Wildman–Crippen MR) is 80.7 cm³/mol. The van der Waals surface area contributed by atoms with Crippen LogP contribution in [0.25, 0.3) is 0 Å². The van der Waals surface area contributed by atoms with Crippen LogP contribution in [0, 0.1) is 11.3 Å². The number of rotatable bonds is 6. The minimum atomic E-state index is -0.259. The second-order valence-corrected chi connectivity index (χ2v) is 5.02. The summed E-state index contributed by atoms with van der Waals surface area (Å²) in [6.45, 7) is 11.1. The fraction of sp³-hybridized carbons (Fsp3) is 0.500. The first kappa shape index (κ1) is 16.0. The van der Waals surface area contributed by atoms with Crippen molar-refractivity contribution in [1.29, 1.82) is 5.26 Å². The zero-order valence-corrected chi connectivity index (χ0v) is 12.2. The Bertz CT molecular complexity index is 423. The van der Waals surface area contributed by atoms with Crippen molar-refractivity contribution >= 4 is 5.91 Å². The highest BCUT2D eigenvalue weighted by Crippen LogP contribution is 2.18. The van der Waals surface area contributed by atoms with E-state index >= 15 is 0 Å². The molecule has 1 saturated heterocycles. The first-order valence-electron chi connectivity index (χ1n) is 7.02. The van der Waals surface area contributed by atoms with Crippen LogP contribution in [0.1, 0.15) is 26.2 Å². The summed E-state index contributed by atoms with van der Waals surface area (Å²) in [4.78, 5) is 16.0. The van der Waals surface area contributed by atoms with Gasteiger partial charge in [0.1, 0.15) is 11.6 Å². The standard InChI is InChI=1S/C16H23N3O/c1-4-9-18(10-5-2)16(20)15(12-17)13-19-11-7-6-8-14(19)3/h4-5,13-14H,1-2,6-11H2,3H3/b15-13-. The van der Waals surface area contributed by atoms with E-state index in [1.807, 2.05) is 6.07 Å². The molecule has 4 nitrogen and oxygen atoms in total. The van der Waals surface area contributed by atoms with Crippen molar-refractivity contribution in [3.63, 3.8) is 0 Å². The third-order valence-corrected chi connectivity index (χ3v) is 3.49. The second-order valence-electron chi connectivity index (χ2n) is 5.02. The van der Waals surface area contributed by atoms with Gasteiger partial charge < -0.3 is 9.80 Å². The third kappa shape index (κ3) is 4.27. The highest BCUT2D eigenvalue weighted by molar-refractivity contribution is 5.97. The number of piperidine rings is 1. The van der Waals surface area contributed by atoms with Crippen molar-refractivity contribution in [2.45, 2.75) is 32.2 Å². The third-order valence-electron chi connectivity index (χ3n) is 3.49. The number of nitrogens with zero attached hydrogens (tertiary/aromatic N) is 3. The average Bonchev–Trinajstić information content (AvgIpc) is 2.45. The van der Waals surface area contributed by atoms with Crippen molar-refractivity contribution in [1.82, 2.24) is 9.80 Å². The van der Waals surface area contributed by atoms with Crippen molar-refractivity contribution in [3.05, 3.63) is 37.1 Å². The van der Waals surface area contributed by atoms with E-state index in [2.05, 4.69) is 25.0 Å². The number of likely N-dealkylation sites (tertiary alicyclic amines) is 1. The number of carbonyl (C=O) groups excluding carboxylic acids is 1. The monoisotopic (exact) mass is 273 g/mol. The Morgan fingerprint density at radius 1 is 1.40 bits per heavy atom. The summed E-state index contributed by atoms with van der Waals surface area (Å²) >= 11 is 0. The van der Waals surface area contributed by atoms with Crippen LogP contribution in [0.15, 0.2) is 37.1 Å². The van der Waals surface area contributed by atoms with Crippen molar-refractivity contribution in [3.8, 4) is 6.07 Å². The Hall–Kier alpha value is -2.02. The van der Waals surface area contributed by atoms with Crippen LogP contribution in [0.4, 0.5) is 0 Å². The smallest absolute Gasteiger partial charge is 0.266 e. The normalized spacial score (nSPS) is 19.1. The topological polar surface area (TPSA) is 47.3 Å². The molecule has 1 fully saturated rings. The van der Waals surface area contributed by atoms with Gasteiger partial charge in [-0.15, -0.1) is 13.2 Å². The highest BCUT2D eigenvalue weighted by atomic mass is 16.2. The molecule has 1 aliphatic heterocycles. The molecule has 0 aromatic rings. The van der Waals surface area contributed by atoms with Gasteiger partial charge in [-0.05, 0) is 26.2 Å². The lowest BCUT2D eigenvalue weighted by Gasteiger charge is -2.32. The summed E-state index contributed by atoms with van der Waals surface area (Å²) in [7, 11) is 0. The average molecular weight is 273 g/mol. The van der Waals surface area contributed by atoms with Gasteiger partial charge >= 0.3 is 0 Å². The minimum absolute atomic E-state index is 0.183. The van der Waals surface area contributed by atoms with Gasteiger partial charge in [0.2, 0.25) is 0 Å². The van der Waals surface area contributed by atoms with E-state index in [-0.39, 0.29) is 11.5 Å². The van der Waals surface area contributed by atoms with E-state index in [0.717, 1.165) is 19.4 Å². The number of hydrogen-bond acceptors (Lipinski definition) is 3. The molecular weight excluding hydrogens is 250 g/mol. The zero-order valence-electron chi connectivity index (χ0n) is 12.2. The SMILES string of the molecule is C=CCN(CC=C)C(=O)/C(C#N)=C\N1CCCCC1C. The molecule has 0 spiro atoms. The molecule has 0 bridgehead atoms. The van der Waals surface area contributed by atoms with Gasteiger partial charge in [0.15, 0.2) is 0 Å². The van der Waals surface area contributed by atoms with Crippen LogP contribution in [0.5, 0.6) is 0 Å². The Labute approximate surface area is 121 Å². The second kappa shape index (κ2) is 8.21. The highest BCUT2D eigenvalue weighted by Gasteiger charge is 2.20. The van der Waals surface area contributed by atoms with Crippen LogP contribution in [0.2, 0.25) is 0 Å². The molecule has 4 heteroatoms. The number of carbonyl (C=O) groups is 1. The Kier molecular flexibility index (Phi) is 6.58. The molecule has 1 unspecified atom stereocenters. The summed E-state index contributed by atoms with van der Waals surface area (Å²) < 4.78 is 0. The van der Waals surface area contributed by atoms with Crippen LogP contribution in [-0.2, 0) is 4.79 Å². The molecule has 0 saturated carbocycles. The zero-order chi connectivity index (χ0) is 15.0. The molecule has 1 rings (SSSR count). The Balaban J connectivity index is 2.87. The van der Waals surface area contributed by atoms with Gasteiger partial charge in [-0.25, -0.2) is 0 Å². The van der Waals surface area contributed by atoms with E-state index in [1.54, 1.807) is 23.3 Å². The molecule has 1 aliphatic rings. The molecule has 1 atom stereocenters. The molecular formula is C16H23N3O. The van der Waals surface area contributed by atoms with Gasteiger partial charge in [-0.1, -0.05) is 12.2 Å². The molecule has 1 amide bonds. The molecule has 108 valence electrons. The maximum Gasteiger partial charge on any atom is 0.266 e. The molecule has 0 aromatic carbocycles. The molecule has 0 aliphatic carbocycles. The van der Waals surface area contributed by atoms with Gasteiger partial charge in [0, 0.05) is 31.9 Å². The largest absolute Gasteiger partial charge is 0.373 e.